The summed E-state index contributed by atoms with van der Waals surface area (Å²) in [6, 6.07) is 9.39. The summed E-state index contributed by atoms with van der Waals surface area (Å²) >= 11 is 1.72. The van der Waals surface area contributed by atoms with E-state index in [0.717, 1.165) is 46.6 Å². The quantitative estimate of drug-likeness (QED) is 0.419. The second-order valence-electron chi connectivity index (χ2n) is 8.48. The lowest BCUT2D eigenvalue weighted by molar-refractivity contribution is -0.146. The van der Waals surface area contributed by atoms with Gasteiger partial charge in [0.1, 0.15) is 12.0 Å². The number of ether oxygens (including phenoxy) is 1. The van der Waals surface area contributed by atoms with E-state index in [2.05, 4.69) is 9.88 Å². The third-order valence-electron chi connectivity index (χ3n) is 6.48. The normalized spacial score (nSPS) is 20.1. The summed E-state index contributed by atoms with van der Waals surface area (Å²) in [5, 5.41) is 21.7. The molecule has 0 bridgehead atoms. The molecule has 1 fully saturated rings. The van der Waals surface area contributed by atoms with Gasteiger partial charge >= 0.3 is 5.97 Å². The van der Waals surface area contributed by atoms with Crippen LogP contribution in [0, 0.1) is 11.8 Å². The van der Waals surface area contributed by atoms with Gasteiger partial charge in [-0.15, -0.1) is 11.8 Å². The molecule has 3 atom stereocenters. The van der Waals surface area contributed by atoms with E-state index in [0.29, 0.717) is 25.1 Å². The number of furan rings is 1. The van der Waals surface area contributed by atoms with Crippen LogP contribution < -0.4 is 4.74 Å². The molecule has 0 amide bonds. The highest BCUT2D eigenvalue weighted by molar-refractivity contribution is 7.99. The Balaban J connectivity index is 1.34. The van der Waals surface area contributed by atoms with Gasteiger partial charge in [0.05, 0.1) is 30.9 Å². The van der Waals surface area contributed by atoms with Crippen LogP contribution >= 0.6 is 11.8 Å². The smallest absolute Gasteiger partial charge is 0.308 e. The van der Waals surface area contributed by atoms with E-state index >= 15 is 0 Å². The molecule has 0 aliphatic carbocycles. The molecule has 8 heteroatoms. The highest BCUT2D eigenvalue weighted by Gasteiger charge is 2.34. The Hall–Kier alpha value is -2.55. The highest BCUT2D eigenvalue weighted by Crippen LogP contribution is 2.34. The van der Waals surface area contributed by atoms with Gasteiger partial charge in [0.15, 0.2) is 0 Å². The van der Waals surface area contributed by atoms with E-state index in [9.17, 15) is 15.0 Å². The maximum Gasteiger partial charge on any atom is 0.308 e. The Bertz CT molecular complexity index is 1060. The van der Waals surface area contributed by atoms with Crippen molar-refractivity contribution in [3.63, 3.8) is 0 Å². The SMILES string of the molecule is COc1ccc2nccc(C(O)CC[C@@H]3CCN(CCSc4ccoc4)C[C@@H]3C(=O)O)c2c1. The zero-order valence-corrected chi connectivity index (χ0v) is 19.5. The summed E-state index contributed by atoms with van der Waals surface area (Å²) in [4.78, 5) is 19.7. The molecule has 1 aromatic carbocycles. The van der Waals surface area contributed by atoms with Crippen LogP contribution in [0.1, 0.15) is 30.9 Å². The number of aliphatic carboxylic acids is 1. The van der Waals surface area contributed by atoms with Crippen molar-refractivity contribution in [1.29, 1.82) is 0 Å². The molecule has 7 nitrogen and oxygen atoms in total. The monoisotopic (exact) mass is 470 g/mol. The van der Waals surface area contributed by atoms with Gasteiger partial charge in [-0.3, -0.25) is 9.78 Å². The number of carboxylic acid groups (broad SMARTS) is 1. The number of carbonyl (C=O) groups is 1. The van der Waals surface area contributed by atoms with Crippen molar-refractivity contribution in [2.24, 2.45) is 11.8 Å². The lowest BCUT2D eigenvalue weighted by atomic mass is 9.81. The topological polar surface area (TPSA) is 96.0 Å². The molecule has 1 unspecified atom stereocenters. The third-order valence-corrected chi connectivity index (χ3v) is 7.43. The Kier molecular flexibility index (Phi) is 7.90. The van der Waals surface area contributed by atoms with Gasteiger partial charge in [-0.05, 0) is 67.6 Å². The second-order valence-corrected chi connectivity index (χ2v) is 9.65. The molecule has 4 rings (SSSR count). The number of nitrogens with zero attached hydrogens (tertiary/aromatic N) is 2. The zero-order valence-electron chi connectivity index (χ0n) is 18.7. The lowest BCUT2D eigenvalue weighted by Gasteiger charge is -2.36. The number of carboxylic acids is 1. The van der Waals surface area contributed by atoms with E-state index < -0.39 is 18.0 Å². The van der Waals surface area contributed by atoms with Gasteiger partial charge in [0.2, 0.25) is 0 Å². The first-order chi connectivity index (χ1) is 16.0. The van der Waals surface area contributed by atoms with Crippen LogP contribution in [0.5, 0.6) is 5.75 Å². The number of piperidine rings is 1. The molecule has 3 aromatic rings. The fraction of sp³-hybridized carbons (Fsp3) is 0.440. The molecule has 0 radical (unpaired) electrons. The molecule has 1 aliphatic rings. The number of pyridine rings is 1. The molecule has 0 spiro atoms. The Morgan fingerprint density at radius 3 is 3.00 bits per heavy atom. The van der Waals surface area contributed by atoms with Crippen LogP contribution in [0.25, 0.3) is 10.9 Å². The predicted molar refractivity (Wildman–Crippen MR) is 128 cm³/mol. The van der Waals surface area contributed by atoms with Gasteiger partial charge in [-0.1, -0.05) is 0 Å². The van der Waals surface area contributed by atoms with Gasteiger partial charge in [-0.2, -0.15) is 0 Å². The van der Waals surface area contributed by atoms with Crippen molar-refractivity contribution in [2.75, 3.05) is 32.5 Å². The molecule has 2 N–H and O–H groups in total. The minimum Gasteiger partial charge on any atom is -0.497 e. The van der Waals surface area contributed by atoms with Crippen molar-refractivity contribution in [3.05, 3.63) is 54.6 Å². The molecule has 1 saturated heterocycles. The number of hydrogen-bond donors (Lipinski definition) is 2. The molecular formula is C25H30N2O5S. The maximum atomic E-state index is 12.0. The van der Waals surface area contributed by atoms with Crippen LogP contribution in [0.4, 0.5) is 0 Å². The zero-order chi connectivity index (χ0) is 23.2. The number of likely N-dealkylation sites (tertiary alicyclic amines) is 1. The first-order valence-corrected chi connectivity index (χ1v) is 12.2. The molecule has 0 saturated carbocycles. The van der Waals surface area contributed by atoms with Crippen molar-refractivity contribution in [2.45, 2.75) is 30.3 Å². The second kappa shape index (κ2) is 11.0. The largest absolute Gasteiger partial charge is 0.497 e. The number of thioether (sulfide) groups is 1. The summed E-state index contributed by atoms with van der Waals surface area (Å²) in [5.41, 5.74) is 1.61. The number of benzene rings is 1. The van der Waals surface area contributed by atoms with E-state index in [4.69, 9.17) is 9.15 Å². The highest BCUT2D eigenvalue weighted by atomic mass is 32.2. The summed E-state index contributed by atoms with van der Waals surface area (Å²) in [6.45, 7) is 2.28. The molecule has 1 aliphatic heterocycles. The van der Waals surface area contributed by atoms with Crippen LogP contribution in [0.3, 0.4) is 0 Å². The third kappa shape index (κ3) is 5.88. The van der Waals surface area contributed by atoms with E-state index in [-0.39, 0.29) is 5.92 Å². The van der Waals surface area contributed by atoms with Crippen LogP contribution in [-0.2, 0) is 4.79 Å². The predicted octanol–water partition coefficient (Wildman–Crippen LogP) is 4.47. The number of aliphatic hydroxyl groups is 1. The molecule has 33 heavy (non-hydrogen) atoms. The van der Waals surface area contributed by atoms with E-state index in [1.807, 2.05) is 30.3 Å². The fourth-order valence-electron chi connectivity index (χ4n) is 4.61. The van der Waals surface area contributed by atoms with Crippen LogP contribution in [-0.4, -0.2) is 58.6 Å². The van der Waals surface area contributed by atoms with Crippen molar-refractivity contribution >= 4 is 28.6 Å². The summed E-state index contributed by atoms with van der Waals surface area (Å²) in [5.74, 6) is 0.499. The first-order valence-electron chi connectivity index (χ1n) is 11.3. The molecular weight excluding hydrogens is 440 g/mol. The summed E-state index contributed by atoms with van der Waals surface area (Å²) in [6.07, 6.45) is 6.42. The average Bonchev–Trinajstić information content (AvgIpc) is 3.35. The van der Waals surface area contributed by atoms with Gasteiger partial charge < -0.3 is 24.3 Å². The van der Waals surface area contributed by atoms with Gasteiger partial charge in [-0.25, -0.2) is 0 Å². The molecule has 2 aromatic heterocycles. The minimum atomic E-state index is -0.749. The number of aromatic nitrogens is 1. The van der Waals surface area contributed by atoms with Gasteiger partial charge in [0, 0.05) is 35.3 Å². The summed E-state index contributed by atoms with van der Waals surface area (Å²) < 4.78 is 10.4. The number of methoxy groups -OCH3 is 1. The number of fused-ring (bicyclic) bond motifs is 1. The van der Waals surface area contributed by atoms with E-state index in [1.165, 1.54) is 0 Å². The van der Waals surface area contributed by atoms with Crippen molar-refractivity contribution < 1.29 is 24.2 Å². The molecule has 176 valence electrons. The minimum absolute atomic E-state index is 0.0533. The molecule has 3 heterocycles. The van der Waals surface area contributed by atoms with Crippen LogP contribution in [0.2, 0.25) is 0 Å². The number of aliphatic hydroxyl groups excluding tert-OH is 1. The average molecular weight is 471 g/mol. The van der Waals surface area contributed by atoms with Crippen molar-refractivity contribution in [3.8, 4) is 5.75 Å². The number of rotatable bonds is 10. The van der Waals surface area contributed by atoms with Crippen LogP contribution in [0.15, 0.2) is 58.4 Å². The van der Waals surface area contributed by atoms with Crippen molar-refractivity contribution in [1.82, 2.24) is 9.88 Å². The lowest BCUT2D eigenvalue weighted by Crippen LogP contribution is -2.44. The Morgan fingerprint density at radius 1 is 1.36 bits per heavy atom. The Labute approximate surface area is 197 Å². The van der Waals surface area contributed by atoms with Gasteiger partial charge in [0.25, 0.3) is 0 Å². The standard InChI is InChI=1S/C25H30N2O5S/c1-31-18-3-4-23-21(14-18)20(6-9-26-23)24(28)5-2-17-7-10-27(15-22(17)25(29)30)11-13-33-19-8-12-32-16-19/h3-4,6,8-9,12,14,16-17,22,24,28H,2,5,7,10-11,13,15H2,1H3,(H,29,30)/t17-,22+,24?/m1/s1. The number of hydrogen-bond acceptors (Lipinski definition) is 7. The summed E-state index contributed by atoms with van der Waals surface area (Å²) in [7, 11) is 1.61. The first kappa shape index (κ1) is 23.6. The fourth-order valence-corrected chi connectivity index (χ4v) is 5.48. The van der Waals surface area contributed by atoms with E-state index in [1.54, 1.807) is 37.6 Å². The maximum absolute atomic E-state index is 12.0. The Morgan fingerprint density at radius 2 is 2.24 bits per heavy atom.